The van der Waals surface area contributed by atoms with Crippen molar-refractivity contribution in [1.82, 2.24) is 4.90 Å². The summed E-state index contributed by atoms with van der Waals surface area (Å²) in [5.74, 6) is -0.191. The van der Waals surface area contributed by atoms with E-state index < -0.39 is 31.0 Å². The first-order chi connectivity index (χ1) is 12.0. The van der Waals surface area contributed by atoms with Gasteiger partial charge in [-0.3, -0.25) is 0 Å². The molecule has 1 aromatic rings. The van der Waals surface area contributed by atoms with E-state index in [-0.39, 0.29) is 22.2 Å². The Bertz CT molecular complexity index is 862. The highest BCUT2D eigenvalue weighted by Gasteiger charge is 2.48. The van der Waals surface area contributed by atoms with Crippen LogP contribution in [0.1, 0.15) is 30.9 Å². The monoisotopic (exact) mass is 403 g/mol. The van der Waals surface area contributed by atoms with Crippen molar-refractivity contribution in [3.8, 4) is 5.75 Å². The summed E-state index contributed by atoms with van der Waals surface area (Å²) in [6.45, 7) is 6.44. The van der Waals surface area contributed by atoms with Gasteiger partial charge in [-0.15, -0.1) is 0 Å². The Balaban J connectivity index is 2.50. The van der Waals surface area contributed by atoms with Crippen molar-refractivity contribution in [2.75, 3.05) is 32.2 Å². The van der Waals surface area contributed by atoms with Crippen LogP contribution in [0.4, 0.5) is 0 Å². The normalized spacial score (nSPS) is 22.7. The standard InChI is InChI=1S/C18H29NO5S2/c1-6-7-8-19(4)15-11-25(20,21)12-18(15)26(22,23)17-10-14(3)13(2)9-16(17)24-5/h9-10,15,18H,6-8,11-12H2,1-5H3/t15-,18-/m0/s1. The summed E-state index contributed by atoms with van der Waals surface area (Å²) in [6, 6.07) is 2.75. The molecule has 2 rings (SSSR count). The topological polar surface area (TPSA) is 80.8 Å². The van der Waals surface area contributed by atoms with Crippen LogP contribution in [0.25, 0.3) is 0 Å². The maximum absolute atomic E-state index is 13.4. The van der Waals surface area contributed by atoms with E-state index in [1.165, 1.54) is 7.11 Å². The molecular weight excluding hydrogens is 374 g/mol. The lowest BCUT2D eigenvalue weighted by Crippen LogP contribution is -2.44. The van der Waals surface area contributed by atoms with Crippen molar-refractivity contribution in [1.29, 1.82) is 0 Å². The summed E-state index contributed by atoms with van der Waals surface area (Å²) in [5.41, 5.74) is 1.76. The van der Waals surface area contributed by atoms with Gasteiger partial charge < -0.3 is 9.64 Å². The molecule has 6 nitrogen and oxygen atoms in total. The average molecular weight is 404 g/mol. The Labute approximate surface area is 157 Å². The number of hydrogen-bond donors (Lipinski definition) is 0. The molecule has 1 saturated heterocycles. The molecule has 0 bridgehead atoms. The van der Waals surface area contributed by atoms with Gasteiger partial charge >= 0.3 is 0 Å². The smallest absolute Gasteiger partial charge is 0.187 e. The van der Waals surface area contributed by atoms with Gasteiger partial charge in [-0.05, 0) is 57.1 Å². The van der Waals surface area contributed by atoms with E-state index in [2.05, 4.69) is 0 Å². The van der Waals surface area contributed by atoms with Crippen molar-refractivity contribution in [2.45, 2.75) is 49.8 Å². The lowest BCUT2D eigenvalue weighted by Gasteiger charge is -2.28. The average Bonchev–Trinajstić information content (AvgIpc) is 2.91. The molecule has 0 N–H and O–H groups in total. The van der Waals surface area contributed by atoms with Crippen molar-refractivity contribution in [2.24, 2.45) is 0 Å². The summed E-state index contributed by atoms with van der Waals surface area (Å²) in [4.78, 5) is 1.96. The molecule has 0 saturated carbocycles. The van der Waals surface area contributed by atoms with Crippen molar-refractivity contribution >= 4 is 19.7 Å². The second-order valence-corrected chi connectivity index (χ2v) is 11.4. The lowest BCUT2D eigenvalue weighted by molar-refractivity contribution is 0.259. The van der Waals surface area contributed by atoms with Gasteiger partial charge in [-0.2, -0.15) is 0 Å². The Morgan fingerprint density at radius 2 is 1.81 bits per heavy atom. The maximum atomic E-state index is 13.4. The first-order valence-corrected chi connectivity index (χ1v) is 12.2. The fraction of sp³-hybridized carbons (Fsp3) is 0.667. The molecule has 1 fully saturated rings. The van der Waals surface area contributed by atoms with E-state index in [0.29, 0.717) is 6.54 Å². The van der Waals surface area contributed by atoms with Crippen molar-refractivity contribution < 1.29 is 21.6 Å². The highest BCUT2D eigenvalue weighted by Crippen LogP contribution is 2.34. The van der Waals surface area contributed by atoms with E-state index in [0.717, 1.165) is 24.0 Å². The second-order valence-electron chi connectivity index (χ2n) is 7.15. The van der Waals surface area contributed by atoms with Crippen molar-refractivity contribution in [3.05, 3.63) is 23.3 Å². The van der Waals surface area contributed by atoms with Gasteiger partial charge in [-0.1, -0.05) is 13.3 Å². The summed E-state index contributed by atoms with van der Waals surface area (Å²) in [6.07, 6.45) is 1.86. The second kappa shape index (κ2) is 7.86. The number of hydrogen-bond acceptors (Lipinski definition) is 6. The Morgan fingerprint density at radius 1 is 1.19 bits per heavy atom. The SMILES string of the molecule is CCCCN(C)[C@H]1CS(=O)(=O)C[C@@H]1S(=O)(=O)c1cc(C)c(C)cc1OC. The third-order valence-corrected chi connectivity index (χ3v) is 9.33. The van der Waals surface area contributed by atoms with Crippen LogP contribution in [-0.2, 0) is 19.7 Å². The van der Waals surface area contributed by atoms with Gasteiger partial charge in [0.2, 0.25) is 0 Å². The predicted octanol–water partition coefficient (Wildman–Crippen LogP) is 1.98. The number of aryl methyl sites for hydroxylation is 2. The largest absolute Gasteiger partial charge is 0.495 e. The van der Waals surface area contributed by atoms with Crippen molar-refractivity contribution in [3.63, 3.8) is 0 Å². The molecule has 0 amide bonds. The molecule has 2 atom stereocenters. The van der Waals surface area contributed by atoms with Gasteiger partial charge in [0.1, 0.15) is 10.6 Å². The van der Waals surface area contributed by atoms with Crippen LogP contribution in [-0.4, -0.2) is 65.2 Å². The number of methoxy groups -OCH3 is 1. The quantitative estimate of drug-likeness (QED) is 0.693. The van der Waals surface area contributed by atoms with Crippen LogP contribution in [0.5, 0.6) is 5.75 Å². The predicted molar refractivity (Wildman–Crippen MR) is 103 cm³/mol. The van der Waals surface area contributed by atoms with Gasteiger partial charge in [0.15, 0.2) is 19.7 Å². The van der Waals surface area contributed by atoms with Crippen LogP contribution in [0.3, 0.4) is 0 Å². The molecule has 0 aromatic heterocycles. The highest BCUT2D eigenvalue weighted by atomic mass is 32.2. The number of ether oxygens (including phenoxy) is 1. The summed E-state index contributed by atoms with van der Waals surface area (Å²) < 4.78 is 56.6. The molecule has 8 heteroatoms. The van der Waals surface area contributed by atoms with Gasteiger partial charge in [0.25, 0.3) is 0 Å². The molecule has 0 aliphatic carbocycles. The van der Waals surface area contributed by atoms with Crippen LogP contribution >= 0.6 is 0 Å². The van der Waals surface area contributed by atoms with Crippen LogP contribution in [0.2, 0.25) is 0 Å². The van der Waals surface area contributed by atoms with Gasteiger partial charge in [-0.25, -0.2) is 16.8 Å². The third-order valence-electron chi connectivity index (χ3n) is 5.19. The van der Waals surface area contributed by atoms with E-state index in [4.69, 9.17) is 4.74 Å². The minimum Gasteiger partial charge on any atom is -0.495 e. The molecule has 0 spiro atoms. The van der Waals surface area contributed by atoms with E-state index in [1.54, 1.807) is 19.2 Å². The molecule has 148 valence electrons. The molecule has 0 radical (unpaired) electrons. The summed E-state index contributed by atoms with van der Waals surface area (Å²) in [7, 11) is -4.03. The molecular formula is C18H29NO5S2. The Morgan fingerprint density at radius 3 is 2.38 bits per heavy atom. The molecule has 1 aliphatic rings. The fourth-order valence-electron chi connectivity index (χ4n) is 3.39. The molecule has 0 unspecified atom stereocenters. The number of nitrogens with zero attached hydrogens (tertiary/aromatic N) is 1. The van der Waals surface area contributed by atoms with E-state index >= 15 is 0 Å². The number of unbranched alkanes of at least 4 members (excludes halogenated alkanes) is 1. The summed E-state index contributed by atoms with van der Waals surface area (Å²) >= 11 is 0. The number of sulfone groups is 2. The number of benzene rings is 1. The van der Waals surface area contributed by atoms with E-state index in [9.17, 15) is 16.8 Å². The zero-order valence-electron chi connectivity index (χ0n) is 16.1. The van der Waals surface area contributed by atoms with E-state index in [1.807, 2.05) is 25.7 Å². The molecule has 26 heavy (non-hydrogen) atoms. The molecule has 1 aliphatic heterocycles. The molecule has 1 heterocycles. The lowest BCUT2D eigenvalue weighted by atomic mass is 10.1. The van der Waals surface area contributed by atoms with Gasteiger partial charge in [0.05, 0.1) is 23.9 Å². The highest BCUT2D eigenvalue weighted by molar-refractivity contribution is 7.96. The number of rotatable bonds is 7. The van der Waals surface area contributed by atoms with Crippen LogP contribution < -0.4 is 4.74 Å². The minimum atomic E-state index is -3.86. The summed E-state index contributed by atoms with van der Waals surface area (Å²) in [5, 5.41) is -0.981. The first kappa shape index (κ1) is 21.2. The minimum absolute atomic E-state index is 0.0825. The fourth-order valence-corrected chi connectivity index (χ4v) is 8.52. The third kappa shape index (κ3) is 4.23. The van der Waals surface area contributed by atoms with Crippen LogP contribution in [0, 0.1) is 13.8 Å². The first-order valence-electron chi connectivity index (χ1n) is 8.83. The Kier molecular flexibility index (Phi) is 6.40. The van der Waals surface area contributed by atoms with Crippen LogP contribution in [0.15, 0.2) is 17.0 Å². The zero-order chi connectivity index (χ0) is 19.7. The molecule has 1 aromatic carbocycles. The Hall–Kier alpha value is -1.12. The zero-order valence-corrected chi connectivity index (χ0v) is 17.8. The maximum Gasteiger partial charge on any atom is 0.187 e. The van der Waals surface area contributed by atoms with Gasteiger partial charge in [0, 0.05) is 6.04 Å².